The summed E-state index contributed by atoms with van der Waals surface area (Å²) in [7, 11) is 0. The van der Waals surface area contributed by atoms with Gasteiger partial charge in [-0.1, -0.05) is 224 Å². The van der Waals surface area contributed by atoms with E-state index in [2.05, 4.69) is 27.7 Å². The van der Waals surface area contributed by atoms with E-state index in [1.54, 1.807) is 0 Å². The average Bonchev–Trinajstić information content (AvgIpc) is 3.39. The first-order valence-corrected chi connectivity index (χ1v) is 28.7. The zero-order valence-electron chi connectivity index (χ0n) is 46.0. The molecule has 410 valence electrons. The van der Waals surface area contributed by atoms with Gasteiger partial charge in [-0.05, 0) is 76.6 Å². The summed E-state index contributed by atoms with van der Waals surface area (Å²) in [6.45, 7) is 15.0. The van der Waals surface area contributed by atoms with Crippen LogP contribution in [0.4, 0.5) is 0 Å². The lowest BCUT2D eigenvalue weighted by molar-refractivity contribution is -0.193. The summed E-state index contributed by atoms with van der Waals surface area (Å²) in [6, 6.07) is 20.3. The summed E-state index contributed by atoms with van der Waals surface area (Å²) < 4.78 is 34.0. The van der Waals surface area contributed by atoms with Crippen molar-refractivity contribution < 1.29 is 47.6 Å². The third-order valence-electron chi connectivity index (χ3n) is 12.5. The Morgan fingerprint density at radius 1 is 0.310 bits per heavy atom. The van der Waals surface area contributed by atoms with Gasteiger partial charge in [-0.2, -0.15) is 19.2 Å². The average molecular weight is 1000 g/mol. The van der Waals surface area contributed by atoms with Crippen LogP contribution >= 0.6 is 0 Å². The fourth-order valence-corrected chi connectivity index (χ4v) is 7.86. The monoisotopic (exact) mass is 999 g/mol. The van der Waals surface area contributed by atoms with Gasteiger partial charge < -0.3 is 28.4 Å². The Balaban J connectivity index is 0. The molecule has 0 aliphatic rings. The minimum Gasteiger partial charge on any atom is -0.494 e. The molecular formula is C61H106O10. The van der Waals surface area contributed by atoms with Gasteiger partial charge in [-0.15, -0.1) is 0 Å². The van der Waals surface area contributed by atoms with Crippen molar-refractivity contribution in [2.75, 3.05) is 52.9 Å². The molecule has 0 bridgehead atoms. The van der Waals surface area contributed by atoms with E-state index in [1.165, 1.54) is 199 Å². The number of unbranched alkanes of at least 4 members (excludes halogenated alkanes) is 29. The SMILES string of the molecule is CCC(C)OCCOCCCCCCCCCCCCCCCCCCCCOc1ccccc1.CCC(C)OCCOCCCCCCCCCCCCCCCOc1ccccc1.O=C=O.O=C=O. The van der Waals surface area contributed by atoms with E-state index in [9.17, 15) is 0 Å². The zero-order valence-corrected chi connectivity index (χ0v) is 46.0. The van der Waals surface area contributed by atoms with E-state index in [0.29, 0.717) is 12.2 Å². The summed E-state index contributed by atoms with van der Waals surface area (Å²) in [4.78, 5) is 32.5. The molecule has 2 atom stereocenters. The molecule has 0 aliphatic carbocycles. The van der Waals surface area contributed by atoms with Crippen LogP contribution in [0.3, 0.4) is 0 Å². The number of hydrogen-bond acceptors (Lipinski definition) is 10. The second-order valence-electron chi connectivity index (χ2n) is 18.9. The predicted molar refractivity (Wildman–Crippen MR) is 290 cm³/mol. The summed E-state index contributed by atoms with van der Waals surface area (Å²) in [5, 5.41) is 0. The molecule has 0 saturated heterocycles. The molecule has 2 rings (SSSR count). The van der Waals surface area contributed by atoms with Gasteiger partial charge >= 0.3 is 12.3 Å². The Bertz CT molecular complexity index is 1320. The van der Waals surface area contributed by atoms with Gasteiger partial charge in [-0.25, -0.2) is 0 Å². The van der Waals surface area contributed by atoms with Crippen LogP contribution in [0.1, 0.15) is 240 Å². The standard InChI is InChI=1S/C32H58O3.C27H48O3.2CO2/c1-3-31(2)34-30-29-33-27-23-18-16-14-12-10-8-6-4-5-7-9-11-13-15-17-19-24-28-35-32-25-21-20-22-26-32;1-3-26(2)29-25-24-28-22-18-13-11-9-7-5-4-6-8-10-12-14-19-23-30-27-20-16-15-17-21-27;2*2-1-3/h20-22,25-26,31H,3-19,23-24,27-30H2,1-2H3;15-17,20-21,26H,3-14,18-19,22-25H2,1-2H3;;. The maximum Gasteiger partial charge on any atom is 0.373 e. The molecule has 0 aromatic heterocycles. The summed E-state index contributed by atoms with van der Waals surface area (Å²) >= 11 is 0. The normalized spacial score (nSPS) is 11.4. The van der Waals surface area contributed by atoms with Crippen molar-refractivity contribution in [1.29, 1.82) is 0 Å². The van der Waals surface area contributed by atoms with Gasteiger partial charge in [-0.3, -0.25) is 0 Å². The number of hydrogen-bond donors (Lipinski definition) is 0. The molecule has 0 spiro atoms. The molecule has 0 heterocycles. The quantitative estimate of drug-likeness (QED) is 0.0592. The first kappa shape index (κ1) is 69.7. The second kappa shape index (κ2) is 62.8. The number of ether oxygens (including phenoxy) is 6. The molecule has 71 heavy (non-hydrogen) atoms. The third kappa shape index (κ3) is 60.9. The van der Waals surface area contributed by atoms with Gasteiger partial charge in [0.1, 0.15) is 11.5 Å². The zero-order chi connectivity index (χ0) is 52.0. The maximum atomic E-state index is 8.12. The van der Waals surface area contributed by atoms with Crippen molar-refractivity contribution in [3.05, 3.63) is 60.7 Å². The van der Waals surface area contributed by atoms with E-state index >= 15 is 0 Å². The highest BCUT2D eigenvalue weighted by atomic mass is 16.5. The fourth-order valence-electron chi connectivity index (χ4n) is 7.86. The van der Waals surface area contributed by atoms with Gasteiger partial charge in [0, 0.05) is 13.2 Å². The van der Waals surface area contributed by atoms with E-state index < -0.39 is 0 Å². The molecule has 2 aromatic carbocycles. The van der Waals surface area contributed by atoms with Crippen LogP contribution in [0.2, 0.25) is 0 Å². The van der Waals surface area contributed by atoms with Crippen LogP contribution in [0.15, 0.2) is 60.7 Å². The Labute approximate surface area is 435 Å². The van der Waals surface area contributed by atoms with Crippen LogP contribution in [0.5, 0.6) is 11.5 Å². The highest BCUT2D eigenvalue weighted by Crippen LogP contribution is 2.17. The molecule has 0 radical (unpaired) electrons. The molecule has 0 fully saturated rings. The van der Waals surface area contributed by atoms with Gasteiger partial charge in [0.05, 0.1) is 51.8 Å². The minimum atomic E-state index is 0.250. The second-order valence-corrected chi connectivity index (χ2v) is 18.9. The number of benzene rings is 2. The van der Waals surface area contributed by atoms with Crippen LogP contribution in [-0.2, 0) is 38.1 Å². The predicted octanol–water partition coefficient (Wildman–Crippen LogP) is 16.7. The maximum absolute atomic E-state index is 8.12. The van der Waals surface area contributed by atoms with Crippen LogP contribution in [-0.4, -0.2) is 77.4 Å². The number of rotatable bonds is 49. The molecule has 0 amide bonds. The van der Waals surface area contributed by atoms with Gasteiger partial charge in [0.25, 0.3) is 0 Å². The highest BCUT2D eigenvalue weighted by Gasteiger charge is 2.01. The Kier molecular flexibility index (Phi) is 61.6. The van der Waals surface area contributed by atoms with Crippen molar-refractivity contribution in [2.45, 2.75) is 252 Å². The lowest BCUT2D eigenvalue weighted by Crippen LogP contribution is -2.12. The van der Waals surface area contributed by atoms with Crippen molar-refractivity contribution >= 4 is 12.3 Å². The molecule has 2 aromatic rings. The lowest BCUT2D eigenvalue weighted by Gasteiger charge is -2.10. The number of para-hydroxylation sites is 2. The Morgan fingerprint density at radius 3 is 0.746 bits per heavy atom. The van der Waals surface area contributed by atoms with Crippen molar-refractivity contribution in [3.63, 3.8) is 0 Å². The Hall–Kier alpha value is -3.36. The van der Waals surface area contributed by atoms with E-state index in [-0.39, 0.29) is 12.3 Å². The van der Waals surface area contributed by atoms with E-state index in [0.717, 1.165) is 77.2 Å². The van der Waals surface area contributed by atoms with E-state index in [4.69, 9.17) is 47.6 Å². The van der Waals surface area contributed by atoms with Crippen molar-refractivity contribution in [1.82, 2.24) is 0 Å². The number of carbonyl (C=O) groups excluding carboxylic acids is 4. The smallest absolute Gasteiger partial charge is 0.373 e. The first-order chi connectivity index (χ1) is 35.0. The first-order valence-electron chi connectivity index (χ1n) is 28.7. The summed E-state index contributed by atoms with van der Waals surface area (Å²) in [5.41, 5.74) is 0. The third-order valence-corrected chi connectivity index (χ3v) is 12.5. The minimum absolute atomic E-state index is 0.250. The molecule has 10 heteroatoms. The van der Waals surface area contributed by atoms with Crippen LogP contribution in [0.25, 0.3) is 0 Å². The summed E-state index contributed by atoms with van der Waals surface area (Å²) in [5.74, 6) is 1.99. The van der Waals surface area contributed by atoms with Crippen LogP contribution in [0, 0.1) is 0 Å². The molecule has 10 nitrogen and oxygen atoms in total. The highest BCUT2D eigenvalue weighted by molar-refractivity contribution is 5.21. The van der Waals surface area contributed by atoms with Gasteiger partial charge in [0.2, 0.25) is 0 Å². The van der Waals surface area contributed by atoms with Gasteiger partial charge in [0.15, 0.2) is 0 Å². The lowest BCUT2D eigenvalue weighted by atomic mass is 10.0. The topological polar surface area (TPSA) is 124 Å². The largest absolute Gasteiger partial charge is 0.494 e. The molecule has 0 saturated carbocycles. The fraction of sp³-hybridized carbons (Fsp3) is 0.770. The van der Waals surface area contributed by atoms with Crippen molar-refractivity contribution in [2.24, 2.45) is 0 Å². The van der Waals surface area contributed by atoms with Crippen LogP contribution < -0.4 is 9.47 Å². The molecular weight excluding hydrogens is 893 g/mol. The molecule has 2 unspecified atom stereocenters. The summed E-state index contributed by atoms with van der Waals surface area (Å²) in [6.07, 6.45) is 45.7. The van der Waals surface area contributed by atoms with Crippen molar-refractivity contribution in [3.8, 4) is 11.5 Å². The molecule has 0 aliphatic heterocycles. The Morgan fingerprint density at radius 2 is 0.521 bits per heavy atom. The molecule has 0 N–H and O–H groups in total. The van der Waals surface area contributed by atoms with E-state index in [1.807, 2.05) is 60.7 Å².